The van der Waals surface area contributed by atoms with Crippen LogP contribution in [0.5, 0.6) is 0 Å². The van der Waals surface area contributed by atoms with Gasteiger partial charge in [0, 0.05) is 18.0 Å². The number of carbonyl (C=O) groups is 1. The van der Waals surface area contributed by atoms with Crippen LogP contribution in [0.15, 0.2) is 47.3 Å². The maximum absolute atomic E-state index is 12.9. The second-order valence-corrected chi connectivity index (χ2v) is 8.32. The molecule has 5 nitrogen and oxygen atoms in total. The molecule has 3 rings (SSSR count). The summed E-state index contributed by atoms with van der Waals surface area (Å²) in [5.74, 6) is 1.02. The first-order valence-electron chi connectivity index (χ1n) is 10.4. The SMILES string of the molecule is CCCN(Cc1nc2cc(Cl)ccc2c(=O)[nH]1)C(=O)CCc1ccc(C(C)C)cc1. The van der Waals surface area contributed by atoms with Gasteiger partial charge in [0.05, 0.1) is 17.4 Å². The average Bonchev–Trinajstić information content (AvgIpc) is 2.71. The minimum absolute atomic E-state index is 0.0543. The van der Waals surface area contributed by atoms with E-state index in [-0.39, 0.29) is 18.0 Å². The van der Waals surface area contributed by atoms with Gasteiger partial charge in [-0.25, -0.2) is 4.98 Å². The lowest BCUT2D eigenvalue weighted by atomic mass is 10.00. The summed E-state index contributed by atoms with van der Waals surface area (Å²) in [4.78, 5) is 34.3. The number of aromatic nitrogens is 2. The summed E-state index contributed by atoms with van der Waals surface area (Å²) in [6.07, 6.45) is 1.94. The van der Waals surface area contributed by atoms with Gasteiger partial charge in [-0.15, -0.1) is 0 Å². The van der Waals surface area contributed by atoms with Crippen LogP contribution in [-0.4, -0.2) is 27.3 Å². The molecule has 6 heteroatoms. The lowest BCUT2D eigenvalue weighted by Gasteiger charge is -2.22. The third-order valence-corrected chi connectivity index (χ3v) is 5.41. The molecule has 0 bridgehead atoms. The van der Waals surface area contributed by atoms with Crippen molar-refractivity contribution in [2.45, 2.75) is 52.5 Å². The molecule has 0 saturated carbocycles. The molecule has 1 aromatic heterocycles. The van der Waals surface area contributed by atoms with Crippen LogP contribution in [0.4, 0.5) is 0 Å². The molecule has 0 aliphatic rings. The van der Waals surface area contributed by atoms with E-state index in [1.165, 1.54) is 5.56 Å². The third-order valence-electron chi connectivity index (χ3n) is 5.18. The highest BCUT2D eigenvalue weighted by atomic mass is 35.5. The van der Waals surface area contributed by atoms with Crippen molar-refractivity contribution in [3.05, 3.63) is 74.8 Å². The Hall–Kier alpha value is -2.66. The molecule has 0 unspecified atom stereocenters. The number of H-pyrrole nitrogens is 1. The molecule has 3 aromatic rings. The normalized spacial score (nSPS) is 11.2. The van der Waals surface area contributed by atoms with Crippen molar-refractivity contribution in [1.29, 1.82) is 0 Å². The fraction of sp³-hybridized carbons (Fsp3) is 0.375. The van der Waals surface area contributed by atoms with Gasteiger partial charge in [-0.2, -0.15) is 0 Å². The van der Waals surface area contributed by atoms with Crippen molar-refractivity contribution in [3.8, 4) is 0 Å². The predicted octanol–water partition coefficient (Wildman–Crippen LogP) is 5.07. The molecule has 0 spiro atoms. The second-order valence-electron chi connectivity index (χ2n) is 7.89. The number of benzene rings is 2. The van der Waals surface area contributed by atoms with Gasteiger partial charge < -0.3 is 9.88 Å². The van der Waals surface area contributed by atoms with Gasteiger partial charge in [0.1, 0.15) is 5.82 Å². The molecule has 0 atom stereocenters. The Labute approximate surface area is 182 Å². The Kier molecular flexibility index (Phi) is 7.27. The number of carbonyl (C=O) groups excluding carboxylic acids is 1. The zero-order chi connectivity index (χ0) is 21.7. The van der Waals surface area contributed by atoms with E-state index < -0.39 is 0 Å². The third kappa shape index (κ3) is 5.48. The summed E-state index contributed by atoms with van der Waals surface area (Å²) in [5, 5.41) is 1.01. The van der Waals surface area contributed by atoms with Gasteiger partial charge in [-0.3, -0.25) is 9.59 Å². The average molecular weight is 426 g/mol. The van der Waals surface area contributed by atoms with Crippen molar-refractivity contribution in [1.82, 2.24) is 14.9 Å². The highest BCUT2D eigenvalue weighted by Gasteiger charge is 2.15. The fourth-order valence-corrected chi connectivity index (χ4v) is 3.62. The Morgan fingerprint density at radius 1 is 1.17 bits per heavy atom. The second kappa shape index (κ2) is 9.90. The molecular formula is C24H28ClN3O2. The van der Waals surface area contributed by atoms with E-state index in [0.717, 1.165) is 12.0 Å². The summed E-state index contributed by atoms with van der Waals surface area (Å²) in [6.45, 7) is 7.25. The molecule has 0 radical (unpaired) electrons. The summed E-state index contributed by atoms with van der Waals surface area (Å²) >= 11 is 6.04. The lowest BCUT2D eigenvalue weighted by molar-refractivity contribution is -0.131. The number of amides is 1. The van der Waals surface area contributed by atoms with Gasteiger partial charge in [0.15, 0.2) is 0 Å². The Bertz CT molecular complexity index is 1070. The number of aromatic amines is 1. The Morgan fingerprint density at radius 3 is 2.57 bits per heavy atom. The zero-order valence-electron chi connectivity index (χ0n) is 17.7. The van der Waals surface area contributed by atoms with E-state index in [2.05, 4.69) is 48.1 Å². The van der Waals surface area contributed by atoms with E-state index in [0.29, 0.717) is 47.1 Å². The highest BCUT2D eigenvalue weighted by molar-refractivity contribution is 6.31. The van der Waals surface area contributed by atoms with Crippen LogP contribution in [-0.2, 0) is 17.8 Å². The molecule has 158 valence electrons. The van der Waals surface area contributed by atoms with E-state index in [1.807, 2.05) is 6.92 Å². The van der Waals surface area contributed by atoms with Gasteiger partial charge in [0.2, 0.25) is 5.91 Å². The standard InChI is InChI=1S/C24H28ClN3O2/c1-4-13-28(23(29)12-7-17-5-8-18(9-6-17)16(2)3)15-22-26-21-14-19(25)10-11-20(21)24(30)27-22/h5-6,8-11,14,16H,4,7,12-13,15H2,1-3H3,(H,26,27,30). The van der Waals surface area contributed by atoms with Crippen LogP contribution < -0.4 is 5.56 Å². The van der Waals surface area contributed by atoms with Crippen molar-refractivity contribution in [2.75, 3.05) is 6.54 Å². The number of aryl methyl sites for hydroxylation is 1. The molecule has 1 N–H and O–H groups in total. The van der Waals surface area contributed by atoms with Gasteiger partial charge in [-0.1, -0.05) is 56.6 Å². The van der Waals surface area contributed by atoms with Gasteiger partial charge >= 0.3 is 0 Å². The lowest BCUT2D eigenvalue weighted by Crippen LogP contribution is -2.33. The van der Waals surface area contributed by atoms with Gasteiger partial charge in [0.25, 0.3) is 5.56 Å². The summed E-state index contributed by atoms with van der Waals surface area (Å²) in [7, 11) is 0. The van der Waals surface area contributed by atoms with Gasteiger partial charge in [-0.05, 0) is 48.1 Å². The van der Waals surface area contributed by atoms with Crippen LogP contribution >= 0.6 is 11.6 Å². The fourth-order valence-electron chi connectivity index (χ4n) is 3.46. The maximum atomic E-state index is 12.9. The minimum Gasteiger partial charge on any atom is -0.335 e. The van der Waals surface area contributed by atoms with Crippen LogP contribution in [0, 0.1) is 0 Å². The number of nitrogens with zero attached hydrogens (tertiary/aromatic N) is 2. The van der Waals surface area contributed by atoms with Crippen molar-refractivity contribution < 1.29 is 4.79 Å². The number of hydrogen-bond acceptors (Lipinski definition) is 3. The number of halogens is 1. The first-order chi connectivity index (χ1) is 14.4. The topological polar surface area (TPSA) is 66.1 Å². The molecule has 1 heterocycles. The molecule has 30 heavy (non-hydrogen) atoms. The van der Waals surface area contributed by atoms with Crippen LogP contribution in [0.1, 0.15) is 56.5 Å². The van der Waals surface area contributed by atoms with Crippen molar-refractivity contribution in [2.24, 2.45) is 0 Å². The van der Waals surface area contributed by atoms with Crippen molar-refractivity contribution in [3.63, 3.8) is 0 Å². The first kappa shape index (κ1) is 22.0. The molecule has 0 aliphatic heterocycles. The molecule has 0 fully saturated rings. The smallest absolute Gasteiger partial charge is 0.258 e. The number of rotatable bonds is 8. The summed E-state index contributed by atoms with van der Waals surface area (Å²) in [6, 6.07) is 13.4. The Morgan fingerprint density at radius 2 is 1.90 bits per heavy atom. The van der Waals surface area contributed by atoms with E-state index in [1.54, 1.807) is 23.1 Å². The molecule has 1 amide bonds. The first-order valence-corrected chi connectivity index (χ1v) is 10.8. The number of hydrogen-bond donors (Lipinski definition) is 1. The Balaban J connectivity index is 1.71. The number of fused-ring (bicyclic) bond motifs is 1. The van der Waals surface area contributed by atoms with E-state index >= 15 is 0 Å². The van der Waals surface area contributed by atoms with Crippen molar-refractivity contribution >= 4 is 28.4 Å². The van der Waals surface area contributed by atoms with Crippen LogP contribution in [0.2, 0.25) is 5.02 Å². The summed E-state index contributed by atoms with van der Waals surface area (Å²) in [5.41, 5.74) is 2.76. The molecule has 0 aliphatic carbocycles. The number of nitrogens with one attached hydrogen (secondary N) is 1. The van der Waals surface area contributed by atoms with E-state index in [9.17, 15) is 9.59 Å². The quantitative estimate of drug-likeness (QED) is 0.547. The summed E-state index contributed by atoms with van der Waals surface area (Å²) < 4.78 is 0. The predicted molar refractivity (Wildman–Crippen MR) is 122 cm³/mol. The van der Waals surface area contributed by atoms with Crippen LogP contribution in [0.25, 0.3) is 10.9 Å². The maximum Gasteiger partial charge on any atom is 0.258 e. The van der Waals surface area contributed by atoms with Crippen LogP contribution in [0.3, 0.4) is 0 Å². The zero-order valence-corrected chi connectivity index (χ0v) is 18.5. The monoisotopic (exact) mass is 425 g/mol. The van der Waals surface area contributed by atoms with E-state index in [4.69, 9.17) is 11.6 Å². The minimum atomic E-state index is -0.221. The molecule has 0 saturated heterocycles. The highest BCUT2D eigenvalue weighted by Crippen LogP contribution is 2.17. The molecule has 2 aromatic carbocycles. The molecular weight excluding hydrogens is 398 g/mol. The largest absolute Gasteiger partial charge is 0.335 e.